The highest BCUT2D eigenvalue weighted by Gasteiger charge is 2.46. The Morgan fingerprint density at radius 1 is 0.883 bits per heavy atom. The van der Waals surface area contributed by atoms with Crippen LogP contribution in [0, 0.1) is 26.7 Å². The number of fused-ring (bicyclic) bond motifs is 6. The Labute approximate surface area is 357 Å². The Balaban J connectivity index is 0.774. The second-order valence-electron chi connectivity index (χ2n) is 17.4. The van der Waals surface area contributed by atoms with E-state index in [1.165, 1.54) is 16.0 Å². The van der Waals surface area contributed by atoms with Crippen LogP contribution in [0.15, 0.2) is 42.5 Å². The third-order valence-corrected chi connectivity index (χ3v) is 15.2. The number of carbonyl (C=O) groups is 5. The molecular formula is C44H48ClN9O5S. The van der Waals surface area contributed by atoms with Crippen molar-refractivity contribution in [2.45, 2.75) is 95.9 Å². The molecule has 6 aliphatic heterocycles. The number of likely N-dealkylation sites (tertiary alicyclic amines) is 2. The van der Waals surface area contributed by atoms with E-state index in [0.29, 0.717) is 22.1 Å². The highest BCUT2D eigenvalue weighted by Crippen LogP contribution is 2.44. The van der Waals surface area contributed by atoms with Crippen LogP contribution in [0.5, 0.6) is 0 Å². The van der Waals surface area contributed by atoms with Crippen LogP contribution in [0.25, 0.3) is 5.00 Å². The smallest absolute Gasteiger partial charge is 0.262 e. The zero-order valence-corrected chi connectivity index (χ0v) is 35.5. The van der Waals surface area contributed by atoms with Gasteiger partial charge in [0.25, 0.3) is 11.8 Å². The van der Waals surface area contributed by atoms with Crippen molar-refractivity contribution in [2.24, 2.45) is 5.92 Å². The summed E-state index contributed by atoms with van der Waals surface area (Å²) in [5, 5.41) is 17.0. The number of halogens is 1. The van der Waals surface area contributed by atoms with Crippen LogP contribution >= 0.6 is 22.9 Å². The van der Waals surface area contributed by atoms with Crippen molar-refractivity contribution in [1.29, 1.82) is 0 Å². The first-order valence-electron chi connectivity index (χ1n) is 21.1. The van der Waals surface area contributed by atoms with Gasteiger partial charge in [0.1, 0.15) is 16.9 Å². The van der Waals surface area contributed by atoms with Gasteiger partial charge in [-0.2, -0.15) is 0 Å². The lowest BCUT2D eigenvalue weighted by Gasteiger charge is -2.44. The standard InChI is InChI=1S/C44H48ClN9O5S/c1-23-24(2)60-44-38(23)39(27-4-6-28(45)7-5-27)46-34(40-49-48-25(3)52(40)44)19-37(56)51-16-14-26(15-17-51)20-50-21-30-8-9-31(22-50)53(30)29-10-11-32-33(18-29)43(59)54(42(32)58)35-12-13-36(55)47-41(35)57/h4-7,10-11,18,26,30-31,34-35,39,46H,8-9,12-17,19-22H2,1-3H3,(H,47,55,57)/t30?,31?,34?,35?,39-/m0/s1. The van der Waals surface area contributed by atoms with Crippen molar-refractivity contribution in [3.05, 3.63) is 91.8 Å². The van der Waals surface area contributed by atoms with Crippen LogP contribution in [0.4, 0.5) is 5.69 Å². The molecule has 2 aromatic carbocycles. The van der Waals surface area contributed by atoms with Gasteiger partial charge in [0.2, 0.25) is 17.7 Å². The fraction of sp³-hybridized carbons (Fsp3) is 0.477. The summed E-state index contributed by atoms with van der Waals surface area (Å²) in [5.41, 5.74) is 5.05. The predicted molar refractivity (Wildman–Crippen MR) is 225 cm³/mol. The van der Waals surface area contributed by atoms with Crippen LogP contribution < -0.4 is 15.5 Å². The number of piperazine rings is 1. The Kier molecular flexibility index (Phi) is 9.92. The molecule has 60 heavy (non-hydrogen) atoms. The second-order valence-corrected chi connectivity index (χ2v) is 19.0. The molecule has 4 aromatic rings. The fourth-order valence-corrected chi connectivity index (χ4v) is 12.0. The lowest BCUT2D eigenvalue weighted by atomic mass is 9.94. The molecule has 14 nitrogen and oxygen atoms in total. The van der Waals surface area contributed by atoms with Gasteiger partial charge in [0.05, 0.1) is 23.2 Å². The van der Waals surface area contributed by atoms with Gasteiger partial charge in [-0.1, -0.05) is 23.7 Å². The van der Waals surface area contributed by atoms with Crippen molar-refractivity contribution in [2.75, 3.05) is 37.6 Å². The van der Waals surface area contributed by atoms with E-state index >= 15 is 0 Å². The molecule has 0 spiro atoms. The quantitative estimate of drug-likeness (QED) is 0.243. The van der Waals surface area contributed by atoms with E-state index in [4.69, 9.17) is 11.6 Å². The van der Waals surface area contributed by atoms with Crippen molar-refractivity contribution < 1.29 is 24.0 Å². The summed E-state index contributed by atoms with van der Waals surface area (Å²) in [7, 11) is 0. The maximum absolute atomic E-state index is 14.1. The van der Waals surface area contributed by atoms with E-state index in [9.17, 15) is 24.0 Å². The monoisotopic (exact) mass is 849 g/mol. The normalized spacial score (nSPS) is 25.7. The first-order chi connectivity index (χ1) is 28.9. The van der Waals surface area contributed by atoms with Gasteiger partial charge in [-0.15, -0.1) is 21.5 Å². The maximum Gasteiger partial charge on any atom is 0.262 e. The van der Waals surface area contributed by atoms with Crippen LogP contribution in [0.3, 0.4) is 0 Å². The molecule has 5 amide bonds. The molecule has 312 valence electrons. The number of anilines is 1. The number of nitrogens with one attached hydrogen (secondary N) is 2. The Morgan fingerprint density at radius 2 is 1.60 bits per heavy atom. The number of piperidine rings is 2. The molecule has 5 atom stereocenters. The molecule has 4 fully saturated rings. The van der Waals surface area contributed by atoms with Crippen LogP contribution in [0.1, 0.15) is 111 Å². The molecule has 16 heteroatoms. The lowest BCUT2D eigenvalue weighted by Crippen LogP contribution is -2.55. The zero-order chi connectivity index (χ0) is 41.6. The molecule has 0 saturated carbocycles. The molecule has 2 N–H and O–H groups in total. The average Bonchev–Trinajstić information content (AvgIpc) is 3.89. The van der Waals surface area contributed by atoms with E-state index in [2.05, 4.69) is 61.2 Å². The number of aryl methyl sites for hydroxylation is 2. The number of benzene rings is 2. The predicted octanol–water partition coefficient (Wildman–Crippen LogP) is 5.02. The largest absolute Gasteiger partial charge is 0.363 e. The lowest BCUT2D eigenvalue weighted by molar-refractivity contribution is -0.136. The average molecular weight is 850 g/mol. The third kappa shape index (κ3) is 6.64. The van der Waals surface area contributed by atoms with Gasteiger partial charge >= 0.3 is 0 Å². The zero-order valence-electron chi connectivity index (χ0n) is 33.9. The molecule has 0 aliphatic carbocycles. The van der Waals surface area contributed by atoms with Gasteiger partial charge in [0, 0.05) is 78.8 Å². The number of nitrogens with zero attached hydrogens (tertiary/aromatic N) is 7. The van der Waals surface area contributed by atoms with Gasteiger partial charge in [-0.3, -0.25) is 49.0 Å². The SMILES string of the molecule is Cc1sc2c(c1C)[C@H](c1ccc(Cl)cc1)NC(CC(=O)N1CCC(CN3CC4CCC(C3)N4c3ccc4c(c3)C(=O)N(C3CCC(=O)NC3=O)C4=O)CC1)c1nnc(C)n1-2. The number of carbonyl (C=O) groups excluding carboxylic acids is 5. The summed E-state index contributed by atoms with van der Waals surface area (Å²) in [6.45, 7) is 10.5. The van der Waals surface area contributed by atoms with Gasteiger partial charge in [0.15, 0.2) is 5.82 Å². The molecule has 2 aromatic heterocycles. The maximum atomic E-state index is 14.1. The van der Waals surface area contributed by atoms with E-state index in [1.54, 1.807) is 17.4 Å². The van der Waals surface area contributed by atoms with Crippen LogP contribution in [0.2, 0.25) is 5.02 Å². The molecular weight excluding hydrogens is 802 g/mol. The van der Waals surface area contributed by atoms with E-state index in [-0.39, 0.29) is 55.2 Å². The van der Waals surface area contributed by atoms with Gasteiger partial charge in [-0.25, -0.2) is 0 Å². The van der Waals surface area contributed by atoms with E-state index in [1.807, 2.05) is 36.1 Å². The second kappa shape index (κ2) is 15.2. The minimum Gasteiger partial charge on any atom is -0.363 e. The number of hydrogen-bond acceptors (Lipinski definition) is 11. The molecule has 2 bridgehead atoms. The van der Waals surface area contributed by atoms with Gasteiger partial charge in [-0.05, 0) is 100 Å². The van der Waals surface area contributed by atoms with Crippen LogP contribution in [-0.2, 0) is 14.4 Å². The highest BCUT2D eigenvalue weighted by molar-refractivity contribution is 7.14. The molecule has 4 saturated heterocycles. The van der Waals surface area contributed by atoms with Crippen molar-refractivity contribution >= 4 is 58.2 Å². The summed E-state index contributed by atoms with van der Waals surface area (Å²) >= 11 is 8.05. The highest BCUT2D eigenvalue weighted by atomic mass is 35.5. The number of rotatable bonds is 7. The van der Waals surface area contributed by atoms with Gasteiger partial charge < -0.3 is 9.80 Å². The van der Waals surface area contributed by atoms with Crippen molar-refractivity contribution in [3.8, 4) is 5.00 Å². The Morgan fingerprint density at radius 3 is 2.32 bits per heavy atom. The minimum atomic E-state index is -0.980. The topological polar surface area (TPSA) is 153 Å². The minimum absolute atomic E-state index is 0.0902. The summed E-state index contributed by atoms with van der Waals surface area (Å²) in [5.74, 6) is 0.213. The molecule has 0 radical (unpaired) electrons. The number of aromatic nitrogens is 3. The van der Waals surface area contributed by atoms with E-state index in [0.717, 1.165) is 91.2 Å². The molecule has 6 aliphatic rings. The van der Waals surface area contributed by atoms with Crippen molar-refractivity contribution in [1.82, 2.24) is 40.1 Å². The first kappa shape index (κ1) is 39.2. The number of thiophene rings is 1. The number of amides is 5. The van der Waals surface area contributed by atoms with Crippen molar-refractivity contribution in [3.63, 3.8) is 0 Å². The Hall–Kier alpha value is -4.96. The Bertz CT molecular complexity index is 2430. The first-order valence-corrected chi connectivity index (χ1v) is 22.3. The molecule has 4 unspecified atom stereocenters. The number of imide groups is 2. The number of hydrogen-bond donors (Lipinski definition) is 2. The summed E-state index contributed by atoms with van der Waals surface area (Å²) in [4.78, 5) is 74.6. The third-order valence-electron chi connectivity index (χ3n) is 13.8. The summed E-state index contributed by atoms with van der Waals surface area (Å²) < 4.78 is 2.14. The van der Waals surface area contributed by atoms with E-state index < -0.39 is 23.8 Å². The molecule has 10 rings (SSSR count). The molecule has 8 heterocycles. The summed E-state index contributed by atoms with van der Waals surface area (Å²) in [6.07, 6.45) is 4.50. The fourth-order valence-electron chi connectivity index (χ4n) is 10.6. The van der Waals surface area contributed by atoms with Crippen LogP contribution in [-0.4, -0.2) is 110 Å². The summed E-state index contributed by atoms with van der Waals surface area (Å²) in [6, 6.07) is 12.5.